The maximum atomic E-state index is 13.1. The van der Waals surface area contributed by atoms with Crippen molar-refractivity contribution in [3.63, 3.8) is 0 Å². The number of methoxy groups -OCH3 is 3. The second-order valence-electron chi connectivity index (χ2n) is 4.86. The van der Waals surface area contributed by atoms with Gasteiger partial charge in [0.1, 0.15) is 5.56 Å². The molecule has 24 heavy (non-hydrogen) atoms. The van der Waals surface area contributed by atoms with Crippen molar-refractivity contribution in [2.45, 2.75) is 6.92 Å². The normalized spacial score (nSPS) is 10.0. The van der Waals surface area contributed by atoms with E-state index in [1.165, 1.54) is 27.5 Å². The van der Waals surface area contributed by atoms with Crippen molar-refractivity contribution in [2.24, 2.45) is 0 Å². The monoisotopic (exact) mass is 345 g/mol. The molecule has 0 N–H and O–H groups in total. The van der Waals surface area contributed by atoms with E-state index in [4.69, 9.17) is 32.2 Å². The molecule has 1 heterocycles. The summed E-state index contributed by atoms with van der Waals surface area (Å²) >= 11 is 6.08. The Balaban J connectivity index is 2.71. The lowest BCUT2D eigenvalue weighted by atomic mass is 9.96. The fraction of sp³-hybridized carbons (Fsp3) is 0.222. The number of rotatable bonds is 5. The lowest BCUT2D eigenvalue weighted by Gasteiger charge is -2.14. The standard InChI is InChI=1S/C18H16ClNO4/c1-6-11-13(19)9-20-18(24-5)16(11)17(21)12-8-15(23-4)14(22-3)7-10(12)2/h1,7-9H,2-5H3. The summed E-state index contributed by atoms with van der Waals surface area (Å²) in [7, 11) is 4.43. The van der Waals surface area contributed by atoms with Crippen LogP contribution in [0, 0.1) is 19.3 Å². The molecule has 0 radical (unpaired) electrons. The Labute approximate surface area is 145 Å². The van der Waals surface area contributed by atoms with E-state index in [-0.39, 0.29) is 27.8 Å². The molecule has 0 aliphatic heterocycles. The van der Waals surface area contributed by atoms with Crippen molar-refractivity contribution in [2.75, 3.05) is 21.3 Å². The molecule has 0 aliphatic rings. The predicted molar refractivity (Wildman–Crippen MR) is 91.4 cm³/mol. The van der Waals surface area contributed by atoms with Gasteiger partial charge in [-0.3, -0.25) is 4.79 Å². The average Bonchev–Trinajstić information content (AvgIpc) is 2.60. The second-order valence-corrected chi connectivity index (χ2v) is 5.27. The Morgan fingerprint density at radius 1 is 1.17 bits per heavy atom. The van der Waals surface area contributed by atoms with E-state index in [0.29, 0.717) is 22.6 Å². The Morgan fingerprint density at radius 3 is 2.33 bits per heavy atom. The third-order valence-electron chi connectivity index (χ3n) is 3.54. The minimum absolute atomic E-state index is 0.117. The van der Waals surface area contributed by atoms with Crippen LogP contribution in [0.3, 0.4) is 0 Å². The smallest absolute Gasteiger partial charge is 0.225 e. The molecule has 0 aliphatic carbocycles. The molecular formula is C18H16ClNO4. The third kappa shape index (κ3) is 3.01. The van der Waals surface area contributed by atoms with Crippen LogP contribution < -0.4 is 14.2 Å². The molecule has 0 unspecified atom stereocenters. The van der Waals surface area contributed by atoms with Gasteiger partial charge in [-0.05, 0) is 24.6 Å². The molecule has 1 aromatic heterocycles. The molecule has 0 amide bonds. The Kier molecular flexibility index (Phi) is 5.32. The first-order chi connectivity index (χ1) is 11.5. The topological polar surface area (TPSA) is 57.7 Å². The number of hydrogen-bond donors (Lipinski definition) is 0. The summed E-state index contributed by atoms with van der Waals surface area (Å²) in [5, 5.41) is 0.208. The van der Waals surface area contributed by atoms with Gasteiger partial charge in [-0.15, -0.1) is 6.42 Å². The number of ketones is 1. The number of aromatic nitrogens is 1. The zero-order chi connectivity index (χ0) is 17.9. The molecule has 0 saturated heterocycles. The number of pyridine rings is 1. The van der Waals surface area contributed by atoms with Crippen molar-refractivity contribution in [1.29, 1.82) is 0 Å². The Morgan fingerprint density at radius 2 is 1.79 bits per heavy atom. The summed E-state index contributed by atoms with van der Waals surface area (Å²) in [5.41, 5.74) is 1.47. The maximum Gasteiger partial charge on any atom is 0.225 e. The quantitative estimate of drug-likeness (QED) is 0.615. The van der Waals surface area contributed by atoms with Gasteiger partial charge in [0.25, 0.3) is 0 Å². The van der Waals surface area contributed by atoms with Crippen LogP contribution in [0.1, 0.15) is 27.0 Å². The molecule has 0 fully saturated rings. The molecule has 6 heteroatoms. The largest absolute Gasteiger partial charge is 0.493 e. The minimum atomic E-state index is -0.353. The number of carbonyl (C=O) groups is 1. The molecule has 0 atom stereocenters. The molecule has 2 rings (SSSR count). The zero-order valence-corrected chi connectivity index (χ0v) is 14.5. The SMILES string of the molecule is C#Cc1c(Cl)cnc(OC)c1C(=O)c1cc(OC)c(OC)cc1C. The summed E-state index contributed by atoms with van der Waals surface area (Å²) in [6.07, 6.45) is 6.87. The average molecular weight is 346 g/mol. The molecule has 5 nitrogen and oxygen atoms in total. The number of benzene rings is 1. The summed E-state index contributed by atoms with van der Waals surface area (Å²) in [4.78, 5) is 17.1. The fourth-order valence-electron chi connectivity index (χ4n) is 2.34. The summed E-state index contributed by atoms with van der Waals surface area (Å²) < 4.78 is 15.7. The number of halogens is 1. The van der Waals surface area contributed by atoms with Crippen LogP contribution >= 0.6 is 11.6 Å². The molecular weight excluding hydrogens is 330 g/mol. The molecule has 124 valence electrons. The van der Waals surface area contributed by atoms with Crippen molar-refractivity contribution in [3.8, 4) is 29.7 Å². The number of carbonyl (C=O) groups excluding carboxylic acids is 1. The van der Waals surface area contributed by atoms with Gasteiger partial charge in [0, 0.05) is 5.56 Å². The van der Waals surface area contributed by atoms with E-state index >= 15 is 0 Å². The van der Waals surface area contributed by atoms with Crippen LogP contribution in [0.25, 0.3) is 0 Å². The first kappa shape index (κ1) is 17.6. The summed E-state index contributed by atoms with van der Waals surface area (Å²) in [6, 6.07) is 3.31. The van der Waals surface area contributed by atoms with Crippen LogP contribution in [0.2, 0.25) is 5.02 Å². The van der Waals surface area contributed by atoms with Gasteiger partial charge in [-0.1, -0.05) is 17.5 Å². The Hall–Kier alpha value is -2.71. The van der Waals surface area contributed by atoms with Crippen molar-refractivity contribution < 1.29 is 19.0 Å². The first-order valence-corrected chi connectivity index (χ1v) is 7.32. The van der Waals surface area contributed by atoms with Crippen LogP contribution in [-0.4, -0.2) is 32.1 Å². The second kappa shape index (κ2) is 7.24. The molecule has 1 aromatic carbocycles. The van der Waals surface area contributed by atoms with E-state index in [1.54, 1.807) is 19.1 Å². The first-order valence-electron chi connectivity index (χ1n) is 6.94. The van der Waals surface area contributed by atoms with E-state index < -0.39 is 0 Å². The van der Waals surface area contributed by atoms with E-state index in [0.717, 1.165) is 0 Å². The zero-order valence-electron chi connectivity index (χ0n) is 13.8. The van der Waals surface area contributed by atoms with Crippen molar-refractivity contribution in [3.05, 3.63) is 45.6 Å². The highest BCUT2D eigenvalue weighted by molar-refractivity contribution is 6.32. The maximum absolute atomic E-state index is 13.1. The van der Waals surface area contributed by atoms with Gasteiger partial charge >= 0.3 is 0 Å². The molecule has 2 aromatic rings. The van der Waals surface area contributed by atoms with Gasteiger partial charge in [0.05, 0.1) is 38.1 Å². The van der Waals surface area contributed by atoms with E-state index in [2.05, 4.69) is 10.9 Å². The van der Waals surface area contributed by atoms with Crippen LogP contribution in [0.4, 0.5) is 0 Å². The van der Waals surface area contributed by atoms with Gasteiger partial charge in [0.2, 0.25) is 5.88 Å². The highest BCUT2D eigenvalue weighted by atomic mass is 35.5. The number of hydrogen-bond acceptors (Lipinski definition) is 5. The van der Waals surface area contributed by atoms with Crippen LogP contribution in [0.5, 0.6) is 17.4 Å². The van der Waals surface area contributed by atoms with E-state index in [1.807, 2.05) is 0 Å². The number of terminal acetylenes is 1. The van der Waals surface area contributed by atoms with Gasteiger partial charge in [-0.2, -0.15) is 0 Å². The van der Waals surface area contributed by atoms with Gasteiger partial charge in [0.15, 0.2) is 17.3 Å². The number of aryl methyl sites for hydroxylation is 1. The minimum Gasteiger partial charge on any atom is -0.493 e. The fourth-order valence-corrected chi connectivity index (χ4v) is 2.54. The lowest BCUT2D eigenvalue weighted by molar-refractivity contribution is 0.103. The Bertz CT molecular complexity index is 840. The summed E-state index contributed by atoms with van der Waals surface area (Å²) in [5.74, 6) is 3.16. The van der Waals surface area contributed by atoms with Crippen molar-refractivity contribution in [1.82, 2.24) is 4.98 Å². The van der Waals surface area contributed by atoms with Gasteiger partial charge < -0.3 is 14.2 Å². The third-order valence-corrected chi connectivity index (χ3v) is 3.82. The van der Waals surface area contributed by atoms with Gasteiger partial charge in [-0.25, -0.2) is 4.98 Å². The number of nitrogens with zero attached hydrogens (tertiary/aromatic N) is 1. The van der Waals surface area contributed by atoms with Crippen molar-refractivity contribution >= 4 is 17.4 Å². The van der Waals surface area contributed by atoms with Crippen LogP contribution in [0.15, 0.2) is 18.3 Å². The summed E-state index contributed by atoms with van der Waals surface area (Å²) in [6.45, 7) is 1.79. The highest BCUT2D eigenvalue weighted by Crippen LogP contribution is 2.34. The van der Waals surface area contributed by atoms with E-state index in [9.17, 15) is 4.79 Å². The molecule has 0 bridgehead atoms. The highest BCUT2D eigenvalue weighted by Gasteiger charge is 2.24. The molecule has 0 saturated carbocycles. The predicted octanol–water partition coefficient (Wildman–Crippen LogP) is 3.28. The van der Waals surface area contributed by atoms with Crippen LogP contribution in [-0.2, 0) is 0 Å². The number of ether oxygens (including phenoxy) is 3. The molecule has 0 spiro atoms. The lowest BCUT2D eigenvalue weighted by Crippen LogP contribution is -2.10.